The highest BCUT2D eigenvalue weighted by Gasteiger charge is 2.31. The Kier molecular flexibility index (Phi) is 3.17. The maximum Gasteiger partial charge on any atom is 0.121 e. The van der Waals surface area contributed by atoms with E-state index in [4.69, 9.17) is 0 Å². The van der Waals surface area contributed by atoms with Gasteiger partial charge in [-0.2, -0.15) is 0 Å². The van der Waals surface area contributed by atoms with Crippen molar-refractivity contribution < 1.29 is 10.2 Å². The molecular weight excluding hydrogens is 252 g/mol. The second-order valence-corrected chi connectivity index (χ2v) is 5.45. The fourth-order valence-corrected chi connectivity index (χ4v) is 2.58. The summed E-state index contributed by atoms with van der Waals surface area (Å²) in [4.78, 5) is 1.89. The minimum atomic E-state index is -1.15. The van der Waals surface area contributed by atoms with Gasteiger partial charge >= 0.3 is 0 Å². The summed E-state index contributed by atoms with van der Waals surface area (Å²) in [6, 6.07) is 1.85. The standard InChI is InChI=1S/C9H13BrO2S/c1-5-7(10)4-8(13-5)9(3,12)6(2)11/h4,6,11-12H,1-3H3. The molecule has 1 aromatic heterocycles. The van der Waals surface area contributed by atoms with Crippen molar-refractivity contribution in [2.24, 2.45) is 0 Å². The van der Waals surface area contributed by atoms with Gasteiger partial charge in [-0.05, 0) is 42.8 Å². The molecule has 0 saturated heterocycles. The molecule has 0 radical (unpaired) electrons. The van der Waals surface area contributed by atoms with Gasteiger partial charge in [-0.3, -0.25) is 0 Å². The first-order valence-corrected chi connectivity index (χ1v) is 5.63. The van der Waals surface area contributed by atoms with Crippen molar-refractivity contribution in [2.45, 2.75) is 32.5 Å². The van der Waals surface area contributed by atoms with Crippen LogP contribution in [0, 0.1) is 6.92 Å². The molecule has 0 spiro atoms. The highest BCUT2D eigenvalue weighted by molar-refractivity contribution is 9.10. The first-order chi connectivity index (χ1) is 5.85. The maximum atomic E-state index is 9.94. The average molecular weight is 265 g/mol. The van der Waals surface area contributed by atoms with E-state index >= 15 is 0 Å². The highest BCUT2D eigenvalue weighted by atomic mass is 79.9. The molecule has 13 heavy (non-hydrogen) atoms. The lowest BCUT2D eigenvalue weighted by Crippen LogP contribution is -2.33. The Balaban J connectivity index is 3.07. The Bertz CT molecular complexity index is 285. The van der Waals surface area contributed by atoms with Gasteiger partial charge in [0.1, 0.15) is 5.60 Å². The van der Waals surface area contributed by atoms with Gasteiger partial charge in [-0.25, -0.2) is 0 Å². The summed E-state index contributed by atoms with van der Waals surface area (Å²) in [5.41, 5.74) is -1.15. The zero-order valence-corrected chi connectivity index (χ0v) is 10.2. The second kappa shape index (κ2) is 3.69. The number of aliphatic hydroxyl groups excluding tert-OH is 1. The summed E-state index contributed by atoms with van der Waals surface area (Å²) in [7, 11) is 0. The molecule has 4 heteroatoms. The van der Waals surface area contributed by atoms with Crippen molar-refractivity contribution in [2.75, 3.05) is 0 Å². The van der Waals surface area contributed by atoms with E-state index in [-0.39, 0.29) is 0 Å². The Morgan fingerprint density at radius 1 is 1.62 bits per heavy atom. The molecule has 1 heterocycles. The molecule has 0 saturated carbocycles. The topological polar surface area (TPSA) is 40.5 Å². The van der Waals surface area contributed by atoms with Gasteiger partial charge in [-0.15, -0.1) is 11.3 Å². The number of aryl methyl sites for hydroxylation is 1. The van der Waals surface area contributed by atoms with Gasteiger partial charge in [-0.1, -0.05) is 0 Å². The maximum absolute atomic E-state index is 9.94. The summed E-state index contributed by atoms with van der Waals surface area (Å²) >= 11 is 4.87. The third-order valence-electron chi connectivity index (χ3n) is 2.17. The predicted molar refractivity (Wildman–Crippen MR) is 58.0 cm³/mol. The Labute approximate surface area is 90.4 Å². The van der Waals surface area contributed by atoms with Gasteiger partial charge in [0, 0.05) is 14.2 Å². The van der Waals surface area contributed by atoms with E-state index < -0.39 is 11.7 Å². The number of hydrogen-bond donors (Lipinski definition) is 2. The monoisotopic (exact) mass is 264 g/mol. The summed E-state index contributed by atoms with van der Waals surface area (Å²) in [5.74, 6) is 0. The van der Waals surface area contributed by atoms with Crippen LogP contribution >= 0.6 is 27.3 Å². The molecule has 1 aromatic rings. The van der Waals surface area contributed by atoms with E-state index in [1.165, 1.54) is 11.3 Å². The van der Waals surface area contributed by atoms with E-state index in [2.05, 4.69) is 15.9 Å². The van der Waals surface area contributed by atoms with Crippen LogP contribution in [0.15, 0.2) is 10.5 Å². The van der Waals surface area contributed by atoms with Crippen LogP contribution in [0.1, 0.15) is 23.6 Å². The SMILES string of the molecule is Cc1sc(C(C)(O)C(C)O)cc1Br. The van der Waals surface area contributed by atoms with E-state index in [0.29, 0.717) is 0 Å². The first kappa shape index (κ1) is 11.2. The summed E-state index contributed by atoms with van der Waals surface area (Å²) in [6.45, 7) is 5.18. The zero-order chi connectivity index (χ0) is 10.2. The Morgan fingerprint density at radius 2 is 2.15 bits per heavy atom. The first-order valence-electron chi connectivity index (χ1n) is 4.02. The fourth-order valence-electron chi connectivity index (χ4n) is 0.915. The van der Waals surface area contributed by atoms with E-state index in [0.717, 1.165) is 14.2 Å². The van der Waals surface area contributed by atoms with Gasteiger partial charge < -0.3 is 10.2 Å². The van der Waals surface area contributed by atoms with Crippen molar-refractivity contribution in [1.29, 1.82) is 0 Å². The minimum Gasteiger partial charge on any atom is -0.390 e. The highest BCUT2D eigenvalue weighted by Crippen LogP contribution is 2.35. The smallest absolute Gasteiger partial charge is 0.121 e. The largest absolute Gasteiger partial charge is 0.390 e. The summed E-state index contributed by atoms with van der Waals surface area (Å²) in [6.07, 6.45) is -0.766. The van der Waals surface area contributed by atoms with Crippen LogP contribution in [-0.2, 0) is 5.60 Å². The van der Waals surface area contributed by atoms with Crippen LogP contribution < -0.4 is 0 Å². The van der Waals surface area contributed by atoms with Crippen LogP contribution in [0.25, 0.3) is 0 Å². The van der Waals surface area contributed by atoms with Gasteiger partial charge in [0.2, 0.25) is 0 Å². The van der Waals surface area contributed by atoms with Crippen molar-refractivity contribution in [3.8, 4) is 0 Å². The summed E-state index contributed by atoms with van der Waals surface area (Å²) < 4.78 is 0.980. The number of halogens is 1. The van der Waals surface area contributed by atoms with Crippen LogP contribution in [-0.4, -0.2) is 16.3 Å². The normalized spacial score (nSPS) is 18.3. The Morgan fingerprint density at radius 3 is 2.46 bits per heavy atom. The van der Waals surface area contributed by atoms with Crippen LogP contribution in [0.3, 0.4) is 0 Å². The molecule has 0 aromatic carbocycles. The molecular formula is C9H13BrO2S. The molecule has 2 unspecified atom stereocenters. The second-order valence-electron chi connectivity index (χ2n) is 3.34. The van der Waals surface area contributed by atoms with Crippen molar-refractivity contribution in [3.05, 3.63) is 20.3 Å². The fraction of sp³-hybridized carbons (Fsp3) is 0.556. The molecule has 1 rings (SSSR count). The average Bonchev–Trinajstić information content (AvgIpc) is 2.32. The van der Waals surface area contributed by atoms with E-state index in [9.17, 15) is 10.2 Å². The number of rotatable bonds is 2. The van der Waals surface area contributed by atoms with Crippen LogP contribution in [0.4, 0.5) is 0 Å². The van der Waals surface area contributed by atoms with Crippen LogP contribution in [0.2, 0.25) is 0 Å². The van der Waals surface area contributed by atoms with Gasteiger partial charge in [0.25, 0.3) is 0 Å². The Hall–Kier alpha value is 0.100. The molecule has 2 atom stereocenters. The summed E-state index contributed by atoms with van der Waals surface area (Å²) in [5, 5.41) is 19.3. The molecule has 74 valence electrons. The van der Waals surface area contributed by atoms with Crippen molar-refractivity contribution in [3.63, 3.8) is 0 Å². The van der Waals surface area contributed by atoms with E-state index in [1.54, 1.807) is 13.8 Å². The lowest BCUT2D eigenvalue weighted by atomic mass is 9.99. The predicted octanol–water partition coefficient (Wildman–Crippen LogP) is 2.41. The number of aliphatic hydroxyl groups is 2. The molecule has 0 bridgehead atoms. The molecule has 2 N–H and O–H groups in total. The molecule has 0 amide bonds. The molecule has 0 fully saturated rings. The molecule has 0 aliphatic rings. The minimum absolute atomic E-state index is 0.766. The van der Waals surface area contributed by atoms with Crippen LogP contribution in [0.5, 0.6) is 0 Å². The number of hydrogen-bond acceptors (Lipinski definition) is 3. The van der Waals surface area contributed by atoms with Crippen molar-refractivity contribution >= 4 is 27.3 Å². The molecule has 0 aliphatic heterocycles. The third-order valence-corrected chi connectivity index (χ3v) is 4.53. The van der Waals surface area contributed by atoms with E-state index in [1.807, 2.05) is 13.0 Å². The molecule has 0 aliphatic carbocycles. The third kappa shape index (κ3) is 2.13. The van der Waals surface area contributed by atoms with Gasteiger partial charge in [0.05, 0.1) is 6.10 Å². The quantitative estimate of drug-likeness (QED) is 0.862. The lowest BCUT2D eigenvalue weighted by Gasteiger charge is -2.24. The van der Waals surface area contributed by atoms with Crippen molar-refractivity contribution in [1.82, 2.24) is 0 Å². The van der Waals surface area contributed by atoms with Gasteiger partial charge in [0.15, 0.2) is 0 Å². The number of thiophene rings is 1. The molecule has 2 nitrogen and oxygen atoms in total. The zero-order valence-electron chi connectivity index (χ0n) is 7.84. The lowest BCUT2D eigenvalue weighted by molar-refractivity contribution is -0.0543.